The predicted molar refractivity (Wildman–Crippen MR) is 125 cm³/mol. The SMILES string of the molecule is CN1C2CCC1CN(C(=O)C(CC(=O)O)NC(=O)OCC1c3ccccc3-c3ccccc31)C2. The molecule has 3 atom stereocenters. The van der Waals surface area contributed by atoms with Crippen LogP contribution in [0, 0.1) is 0 Å². The number of hydrogen-bond acceptors (Lipinski definition) is 5. The summed E-state index contributed by atoms with van der Waals surface area (Å²) in [5.41, 5.74) is 4.41. The summed E-state index contributed by atoms with van der Waals surface area (Å²) in [5.74, 6) is -1.62. The molecule has 5 rings (SSSR count). The molecule has 2 bridgehead atoms. The Morgan fingerprint density at radius 3 is 2.12 bits per heavy atom. The molecule has 0 saturated carbocycles. The quantitative estimate of drug-likeness (QED) is 0.684. The number of carbonyl (C=O) groups excluding carboxylic acids is 2. The average molecular weight is 464 g/mol. The number of likely N-dealkylation sites (tertiary alicyclic amines) is 1. The first-order chi connectivity index (χ1) is 16.4. The average Bonchev–Trinajstić information content (AvgIpc) is 3.22. The number of likely N-dealkylation sites (N-methyl/N-ethyl adjacent to an activating group) is 1. The van der Waals surface area contributed by atoms with E-state index in [0.717, 1.165) is 35.1 Å². The summed E-state index contributed by atoms with van der Waals surface area (Å²) < 4.78 is 5.54. The van der Waals surface area contributed by atoms with E-state index in [9.17, 15) is 19.5 Å². The van der Waals surface area contributed by atoms with E-state index >= 15 is 0 Å². The van der Waals surface area contributed by atoms with Gasteiger partial charge in [-0.1, -0.05) is 48.5 Å². The topological polar surface area (TPSA) is 99.2 Å². The maximum Gasteiger partial charge on any atom is 0.407 e. The standard InChI is InChI=1S/C26H29N3O5/c1-28-16-10-11-17(28)14-29(13-16)25(32)23(12-24(30)31)27-26(33)34-15-22-20-8-4-2-6-18(20)19-7-3-5-9-21(19)22/h2-9,16-17,22-23H,10-15H2,1H3,(H,27,33)(H,30,31). The molecule has 8 nitrogen and oxygen atoms in total. The molecular formula is C26H29N3O5. The summed E-state index contributed by atoms with van der Waals surface area (Å²) in [6.07, 6.45) is 0.784. The Kier molecular flexibility index (Phi) is 6.00. The van der Waals surface area contributed by atoms with Gasteiger partial charge in [-0.05, 0) is 42.1 Å². The molecule has 2 saturated heterocycles. The summed E-state index contributed by atoms with van der Waals surface area (Å²) in [6.45, 7) is 1.20. The van der Waals surface area contributed by atoms with Crippen LogP contribution in [0.2, 0.25) is 0 Å². The van der Waals surface area contributed by atoms with Gasteiger partial charge in [0.1, 0.15) is 12.6 Å². The molecule has 2 N–H and O–H groups in total. The van der Waals surface area contributed by atoms with Gasteiger partial charge in [0.05, 0.1) is 6.42 Å². The molecule has 3 unspecified atom stereocenters. The number of alkyl carbamates (subject to hydrolysis) is 1. The number of carbonyl (C=O) groups is 3. The highest BCUT2D eigenvalue weighted by atomic mass is 16.5. The lowest BCUT2D eigenvalue weighted by molar-refractivity contribution is -0.143. The molecular weight excluding hydrogens is 434 g/mol. The van der Waals surface area contributed by atoms with Gasteiger partial charge in [-0.3, -0.25) is 14.5 Å². The Morgan fingerprint density at radius 2 is 1.56 bits per heavy atom. The fourth-order valence-electron chi connectivity index (χ4n) is 5.67. The van der Waals surface area contributed by atoms with Crippen LogP contribution in [0.4, 0.5) is 4.79 Å². The minimum atomic E-state index is -1.16. The van der Waals surface area contributed by atoms with Crippen molar-refractivity contribution in [1.82, 2.24) is 15.1 Å². The Labute approximate surface area is 198 Å². The molecule has 2 aliphatic heterocycles. The molecule has 0 spiro atoms. The smallest absolute Gasteiger partial charge is 0.407 e. The van der Waals surface area contributed by atoms with Crippen molar-refractivity contribution in [1.29, 1.82) is 0 Å². The van der Waals surface area contributed by atoms with Crippen LogP contribution < -0.4 is 5.32 Å². The lowest BCUT2D eigenvalue weighted by Crippen LogP contribution is -2.58. The number of fused-ring (bicyclic) bond motifs is 5. The van der Waals surface area contributed by atoms with Crippen molar-refractivity contribution in [2.24, 2.45) is 0 Å². The highest BCUT2D eigenvalue weighted by Crippen LogP contribution is 2.44. The first-order valence-corrected chi connectivity index (χ1v) is 11.8. The van der Waals surface area contributed by atoms with Crippen molar-refractivity contribution in [3.63, 3.8) is 0 Å². The maximum absolute atomic E-state index is 13.2. The second kappa shape index (κ2) is 9.10. The maximum atomic E-state index is 13.2. The van der Waals surface area contributed by atoms with Crippen LogP contribution in [0.1, 0.15) is 36.3 Å². The van der Waals surface area contributed by atoms with Crippen molar-refractivity contribution in [3.05, 3.63) is 59.7 Å². The van der Waals surface area contributed by atoms with Gasteiger partial charge in [-0.15, -0.1) is 0 Å². The summed E-state index contributed by atoms with van der Waals surface area (Å²) in [6, 6.07) is 15.5. The number of rotatable bonds is 6. The van der Waals surface area contributed by atoms with Crippen LogP contribution in [-0.2, 0) is 14.3 Å². The molecule has 178 valence electrons. The van der Waals surface area contributed by atoms with Gasteiger partial charge in [0, 0.05) is 31.1 Å². The normalized spacial score (nSPS) is 22.1. The van der Waals surface area contributed by atoms with E-state index in [0.29, 0.717) is 13.1 Å². The molecule has 34 heavy (non-hydrogen) atoms. The Balaban J connectivity index is 1.25. The van der Waals surface area contributed by atoms with Crippen LogP contribution >= 0.6 is 0 Å². The van der Waals surface area contributed by atoms with Gasteiger partial charge in [-0.2, -0.15) is 0 Å². The van der Waals surface area contributed by atoms with Gasteiger partial charge in [0.25, 0.3) is 0 Å². The van der Waals surface area contributed by atoms with Crippen molar-refractivity contribution in [3.8, 4) is 11.1 Å². The number of ether oxygens (including phenoxy) is 1. The fraction of sp³-hybridized carbons (Fsp3) is 0.423. The van der Waals surface area contributed by atoms with Crippen molar-refractivity contribution >= 4 is 18.0 Å². The zero-order valence-electron chi connectivity index (χ0n) is 19.1. The van der Waals surface area contributed by atoms with E-state index in [1.165, 1.54) is 0 Å². The lowest BCUT2D eigenvalue weighted by atomic mass is 9.98. The number of piperazine rings is 1. The zero-order valence-corrected chi connectivity index (χ0v) is 19.1. The second-order valence-electron chi connectivity index (χ2n) is 9.41. The lowest BCUT2D eigenvalue weighted by Gasteiger charge is -2.40. The van der Waals surface area contributed by atoms with E-state index in [2.05, 4.69) is 29.4 Å². The van der Waals surface area contributed by atoms with Crippen molar-refractivity contribution < 1.29 is 24.2 Å². The summed E-state index contributed by atoms with van der Waals surface area (Å²) in [5, 5.41) is 11.9. The molecule has 2 aromatic carbocycles. The van der Waals surface area contributed by atoms with Gasteiger partial charge in [0.15, 0.2) is 0 Å². The highest BCUT2D eigenvalue weighted by Gasteiger charge is 2.41. The molecule has 3 aliphatic rings. The number of nitrogens with zero attached hydrogens (tertiary/aromatic N) is 2. The predicted octanol–water partition coefficient (Wildman–Crippen LogP) is 2.67. The second-order valence-corrected chi connectivity index (χ2v) is 9.41. The number of amides is 2. The van der Waals surface area contributed by atoms with Crippen LogP contribution in [0.15, 0.2) is 48.5 Å². The van der Waals surface area contributed by atoms with E-state index in [-0.39, 0.29) is 30.5 Å². The summed E-state index contributed by atoms with van der Waals surface area (Å²) >= 11 is 0. The fourth-order valence-corrected chi connectivity index (χ4v) is 5.67. The highest BCUT2D eigenvalue weighted by molar-refractivity contribution is 5.89. The van der Waals surface area contributed by atoms with E-state index < -0.39 is 24.5 Å². The number of carboxylic acids is 1. The molecule has 2 heterocycles. The summed E-state index contributed by atoms with van der Waals surface area (Å²) in [4.78, 5) is 41.3. The Hall–Kier alpha value is -3.39. The molecule has 2 fully saturated rings. The third kappa shape index (κ3) is 4.14. The minimum absolute atomic E-state index is 0.104. The van der Waals surface area contributed by atoms with Gasteiger partial charge < -0.3 is 20.1 Å². The molecule has 2 amide bonds. The van der Waals surface area contributed by atoms with E-state index in [4.69, 9.17) is 4.74 Å². The molecule has 0 aromatic heterocycles. The first-order valence-electron chi connectivity index (χ1n) is 11.8. The van der Waals surface area contributed by atoms with Crippen molar-refractivity contribution in [2.45, 2.75) is 43.3 Å². The van der Waals surface area contributed by atoms with Crippen LogP contribution in [0.5, 0.6) is 0 Å². The van der Waals surface area contributed by atoms with Gasteiger partial charge in [-0.25, -0.2) is 4.79 Å². The van der Waals surface area contributed by atoms with Crippen LogP contribution in [-0.4, -0.2) is 77.7 Å². The van der Waals surface area contributed by atoms with E-state index in [1.807, 2.05) is 36.4 Å². The third-order valence-corrected chi connectivity index (χ3v) is 7.47. The zero-order chi connectivity index (χ0) is 23.8. The van der Waals surface area contributed by atoms with Gasteiger partial charge in [0.2, 0.25) is 5.91 Å². The number of nitrogens with one attached hydrogen (secondary N) is 1. The molecule has 1 aliphatic carbocycles. The molecule has 2 aromatic rings. The van der Waals surface area contributed by atoms with Crippen LogP contribution in [0.3, 0.4) is 0 Å². The largest absolute Gasteiger partial charge is 0.481 e. The molecule has 8 heteroatoms. The molecule has 0 radical (unpaired) electrons. The Bertz CT molecular complexity index is 1060. The summed E-state index contributed by atoms with van der Waals surface area (Å²) in [7, 11) is 2.06. The van der Waals surface area contributed by atoms with E-state index in [1.54, 1.807) is 4.90 Å². The minimum Gasteiger partial charge on any atom is -0.481 e. The monoisotopic (exact) mass is 463 g/mol. The van der Waals surface area contributed by atoms with Gasteiger partial charge >= 0.3 is 12.1 Å². The number of hydrogen-bond donors (Lipinski definition) is 2. The Morgan fingerprint density at radius 1 is 1.00 bits per heavy atom. The van der Waals surface area contributed by atoms with Crippen LogP contribution in [0.25, 0.3) is 11.1 Å². The number of benzene rings is 2. The first kappa shape index (κ1) is 22.4. The third-order valence-electron chi connectivity index (χ3n) is 7.47. The number of carboxylic acid groups (broad SMARTS) is 1. The number of aliphatic carboxylic acids is 1. The van der Waals surface area contributed by atoms with Crippen molar-refractivity contribution in [2.75, 3.05) is 26.7 Å².